The van der Waals surface area contributed by atoms with Gasteiger partial charge in [-0.3, -0.25) is 0 Å². The van der Waals surface area contributed by atoms with Crippen LogP contribution in [0.25, 0.3) is 10.8 Å². The highest BCUT2D eigenvalue weighted by Crippen LogP contribution is 2.35. The van der Waals surface area contributed by atoms with E-state index in [2.05, 4.69) is 80.6 Å². The molecule has 0 amide bonds. The molecule has 3 aromatic rings. The van der Waals surface area contributed by atoms with E-state index in [0.717, 1.165) is 0 Å². The van der Waals surface area contributed by atoms with Crippen LogP contribution in [0.5, 0.6) is 0 Å². The van der Waals surface area contributed by atoms with Crippen molar-refractivity contribution in [1.82, 2.24) is 0 Å². The van der Waals surface area contributed by atoms with Gasteiger partial charge in [-0.25, -0.2) is 0 Å². The van der Waals surface area contributed by atoms with Gasteiger partial charge >= 0.3 is 0 Å². The van der Waals surface area contributed by atoms with Gasteiger partial charge in [0.15, 0.2) is 0 Å². The minimum absolute atomic E-state index is 0.0375. The normalized spacial score (nSPS) is 13.3. The Kier molecular flexibility index (Phi) is 3.52. The van der Waals surface area contributed by atoms with Crippen LogP contribution < -0.4 is 5.73 Å². The average Bonchev–Trinajstić information content (AvgIpc) is 2.54. The van der Waals surface area contributed by atoms with E-state index in [-0.39, 0.29) is 11.5 Å². The largest absolute Gasteiger partial charge is 0.323 e. The van der Waals surface area contributed by atoms with Gasteiger partial charge in [0.1, 0.15) is 0 Å². The van der Waals surface area contributed by atoms with Gasteiger partial charge in [-0.1, -0.05) is 80.6 Å². The number of benzene rings is 3. The first-order chi connectivity index (χ1) is 10.1. The van der Waals surface area contributed by atoms with Gasteiger partial charge in [0.25, 0.3) is 0 Å². The number of fused-ring (bicyclic) bond motifs is 1. The molecule has 0 fully saturated rings. The third kappa shape index (κ3) is 2.57. The summed E-state index contributed by atoms with van der Waals surface area (Å²) in [6.07, 6.45) is 0. The summed E-state index contributed by atoms with van der Waals surface area (Å²) >= 11 is 0. The molecule has 1 atom stereocenters. The van der Waals surface area contributed by atoms with E-state index in [1.165, 1.54) is 21.9 Å². The molecule has 0 aliphatic carbocycles. The predicted octanol–water partition coefficient (Wildman–Crippen LogP) is 4.82. The van der Waals surface area contributed by atoms with Gasteiger partial charge in [0, 0.05) is 11.5 Å². The zero-order chi connectivity index (χ0) is 14.9. The Bertz CT molecular complexity index is 744. The monoisotopic (exact) mass is 275 g/mol. The zero-order valence-corrected chi connectivity index (χ0v) is 12.6. The molecule has 0 aliphatic rings. The van der Waals surface area contributed by atoms with E-state index in [1.807, 2.05) is 6.07 Å². The molecule has 2 N–H and O–H groups in total. The first kappa shape index (κ1) is 13.8. The minimum atomic E-state index is -0.107. The van der Waals surface area contributed by atoms with Crippen molar-refractivity contribution in [3.63, 3.8) is 0 Å². The third-order valence-electron chi connectivity index (χ3n) is 4.43. The summed E-state index contributed by atoms with van der Waals surface area (Å²) in [5.41, 5.74) is 8.94. The smallest absolute Gasteiger partial charge is 0.0387 e. The van der Waals surface area contributed by atoms with Crippen LogP contribution in [-0.2, 0) is 5.41 Å². The molecule has 0 aliphatic heterocycles. The second kappa shape index (κ2) is 5.34. The maximum absolute atomic E-state index is 6.60. The fourth-order valence-corrected chi connectivity index (χ4v) is 2.87. The van der Waals surface area contributed by atoms with E-state index >= 15 is 0 Å². The molecule has 0 bridgehead atoms. The molecule has 0 spiro atoms. The summed E-state index contributed by atoms with van der Waals surface area (Å²) in [6, 6.07) is 25.4. The molecule has 21 heavy (non-hydrogen) atoms. The SMILES string of the molecule is CC(C)(c1ccccc1)C(N)c1ccc2ccccc2c1. The van der Waals surface area contributed by atoms with Crippen molar-refractivity contribution in [2.75, 3.05) is 0 Å². The Labute approximate surface area is 126 Å². The van der Waals surface area contributed by atoms with Gasteiger partial charge < -0.3 is 5.73 Å². The average molecular weight is 275 g/mol. The van der Waals surface area contributed by atoms with Crippen LogP contribution in [0.4, 0.5) is 0 Å². The highest BCUT2D eigenvalue weighted by Gasteiger charge is 2.29. The lowest BCUT2D eigenvalue weighted by molar-refractivity contribution is 0.421. The van der Waals surface area contributed by atoms with E-state index in [9.17, 15) is 0 Å². The molecule has 1 nitrogen and oxygen atoms in total. The lowest BCUT2D eigenvalue weighted by Gasteiger charge is -2.32. The van der Waals surface area contributed by atoms with Crippen LogP contribution >= 0.6 is 0 Å². The Morgan fingerprint density at radius 3 is 2.10 bits per heavy atom. The lowest BCUT2D eigenvalue weighted by Crippen LogP contribution is -2.33. The number of nitrogens with two attached hydrogens (primary N) is 1. The van der Waals surface area contributed by atoms with E-state index in [0.29, 0.717) is 0 Å². The van der Waals surface area contributed by atoms with Crippen LogP contribution in [0, 0.1) is 0 Å². The van der Waals surface area contributed by atoms with Gasteiger partial charge in [0.2, 0.25) is 0 Å². The summed E-state index contributed by atoms with van der Waals surface area (Å²) in [5.74, 6) is 0. The first-order valence-electron chi connectivity index (χ1n) is 7.39. The van der Waals surface area contributed by atoms with Crippen molar-refractivity contribution in [2.45, 2.75) is 25.3 Å². The maximum Gasteiger partial charge on any atom is 0.0387 e. The fraction of sp³-hybridized carbons (Fsp3) is 0.200. The Morgan fingerprint density at radius 2 is 1.38 bits per heavy atom. The molecule has 0 saturated heterocycles. The predicted molar refractivity (Wildman–Crippen MR) is 90.3 cm³/mol. The standard InChI is InChI=1S/C20H21N/c1-20(2,18-10-4-3-5-11-18)19(21)17-13-12-15-8-6-7-9-16(15)14-17/h3-14,19H,21H2,1-2H3. The van der Waals surface area contributed by atoms with E-state index in [1.54, 1.807) is 0 Å². The van der Waals surface area contributed by atoms with Crippen LogP contribution in [0.2, 0.25) is 0 Å². The van der Waals surface area contributed by atoms with Gasteiger partial charge in [-0.15, -0.1) is 0 Å². The Hall–Kier alpha value is -2.12. The first-order valence-corrected chi connectivity index (χ1v) is 7.39. The number of rotatable bonds is 3. The lowest BCUT2D eigenvalue weighted by atomic mass is 9.75. The molecule has 0 heterocycles. The van der Waals surface area contributed by atoms with Crippen molar-refractivity contribution in [3.05, 3.63) is 83.9 Å². The summed E-state index contributed by atoms with van der Waals surface area (Å²) in [4.78, 5) is 0. The number of hydrogen-bond acceptors (Lipinski definition) is 1. The van der Waals surface area contributed by atoms with E-state index in [4.69, 9.17) is 5.73 Å². The van der Waals surface area contributed by atoms with Crippen molar-refractivity contribution >= 4 is 10.8 Å². The van der Waals surface area contributed by atoms with Gasteiger partial charge in [0.05, 0.1) is 0 Å². The molecular formula is C20H21N. The fourth-order valence-electron chi connectivity index (χ4n) is 2.87. The van der Waals surface area contributed by atoms with Gasteiger partial charge in [-0.05, 0) is 28.0 Å². The minimum Gasteiger partial charge on any atom is -0.323 e. The molecule has 0 aromatic heterocycles. The van der Waals surface area contributed by atoms with Crippen molar-refractivity contribution in [1.29, 1.82) is 0 Å². The highest BCUT2D eigenvalue weighted by atomic mass is 14.7. The second-order valence-electron chi connectivity index (χ2n) is 6.17. The molecule has 0 radical (unpaired) electrons. The summed E-state index contributed by atoms with van der Waals surface area (Å²) < 4.78 is 0. The zero-order valence-electron chi connectivity index (χ0n) is 12.6. The molecule has 1 unspecified atom stereocenters. The topological polar surface area (TPSA) is 26.0 Å². The third-order valence-corrected chi connectivity index (χ3v) is 4.43. The Morgan fingerprint density at radius 1 is 0.762 bits per heavy atom. The molecule has 3 aromatic carbocycles. The van der Waals surface area contributed by atoms with Crippen LogP contribution in [0.1, 0.15) is 31.0 Å². The quantitative estimate of drug-likeness (QED) is 0.728. The molecule has 1 heteroatoms. The van der Waals surface area contributed by atoms with Gasteiger partial charge in [-0.2, -0.15) is 0 Å². The Balaban J connectivity index is 2.01. The maximum atomic E-state index is 6.60. The molecule has 0 saturated carbocycles. The summed E-state index contributed by atoms with van der Waals surface area (Å²) in [7, 11) is 0. The molecular weight excluding hydrogens is 254 g/mol. The molecule has 106 valence electrons. The summed E-state index contributed by atoms with van der Waals surface area (Å²) in [5, 5.41) is 2.50. The van der Waals surface area contributed by atoms with Crippen molar-refractivity contribution in [3.8, 4) is 0 Å². The van der Waals surface area contributed by atoms with Crippen LogP contribution in [0.15, 0.2) is 72.8 Å². The van der Waals surface area contributed by atoms with Crippen LogP contribution in [-0.4, -0.2) is 0 Å². The summed E-state index contributed by atoms with van der Waals surface area (Å²) in [6.45, 7) is 4.42. The highest BCUT2D eigenvalue weighted by molar-refractivity contribution is 5.83. The van der Waals surface area contributed by atoms with E-state index < -0.39 is 0 Å². The molecule has 3 rings (SSSR count). The van der Waals surface area contributed by atoms with Crippen LogP contribution in [0.3, 0.4) is 0 Å². The van der Waals surface area contributed by atoms with Crippen molar-refractivity contribution < 1.29 is 0 Å². The van der Waals surface area contributed by atoms with Crippen molar-refractivity contribution in [2.24, 2.45) is 5.73 Å². The second-order valence-corrected chi connectivity index (χ2v) is 6.17. The number of hydrogen-bond donors (Lipinski definition) is 1.